The minimum absolute atomic E-state index is 0.0760. The molecule has 1 aliphatic heterocycles. The maximum atomic E-state index is 15.3. The molecule has 3 atom stereocenters. The molecule has 4 N–H and O–H groups in total. The first-order valence-electron chi connectivity index (χ1n) is 12.8. The van der Waals surface area contributed by atoms with E-state index < -0.39 is 24.3 Å². The van der Waals surface area contributed by atoms with Crippen LogP contribution in [0.4, 0.5) is 26.6 Å². The number of amides is 1. The Morgan fingerprint density at radius 1 is 1.19 bits per heavy atom. The van der Waals surface area contributed by atoms with Crippen LogP contribution in [0.5, 0.6) is 0 Å². The monoisotopic (exact) mass is 495 g/mol. The molecule has 4 saturated carbocycles. The third-order valence-corrected chi connectivity index (χ3v) is 8.27. The summed E-state index contributed by atoms with van der Waals surface area (Å²) in [5.74, 6) is 1.47. The number of carbonyl (C=O) groups is 1. The highest BCUT2D eigenvalue weighted by molar-refractivity contribution is 5.71. The minimum atomic E-state index is -1.28. The summed E-state index contributed by atoms with van der Waals surface area (Å²) in [7, 11) is 0. The van der Waals surface area contributed by atoms with Crippen molar-refractivity contribution in [2.45, 2.75) is 55.8 Å². The molecule has 1 saturated heterocycles. The number of piperazine rings is 1. The lowest BCUT2D eigenvalue weighted by molar-refractivity contribution is -0.0532. The van der Waals surface area contributed by atoms with E-state index in [1.807, 2.05) is 16.8 Å². The number of hydrogen-bond acceptors (Lipinski definition) is 8. The quantitative estimate of drug-likeness (QED) is 0.411. The van der Waals surface area contributed by atoms with Crippen LogP contribution in [0.25, 0.3) is 5.65 Å². The Morgan fingerprint density at radius 3 is 2.81 bits per heavy atom. The van der Waals surface area contributed by atoms with Gasteiger partial charge in [-0.1, -0.05) is 0 Å². The van der Waals surface area contributed by atoms with E-state index >= 15 is 4.39 Å². The van der Waals surface area contributed by atoms with E-state index in [9.17, 15) is 4.79 Å². The van der Waals surface area contributed by atoms with Crippen LogP contribution in [0.15, 0.2) is 24.7 Å². The molecule has 3 aromatic rings. The lowest BCUT2D eigenvalue weighted by Gasteiger charge is -2.61. The molecule has 8 rings (SSSR count). The van der Waals surface area contributed by atoms with Gasteiger partial charge in [-0.25, -0.2) is 19.2 Å². The Morgan fingerprint density at radius 2 is 2.03 bits per heavy atom. The van der Waals surface area contributed by atoms with Gasteiger partial charge in [0.2, 0.25) is 5.95 Å². The van der Waals surface area contributed by atoms with Crippen LogP contribution in [-0.4, -0.2) is 74.7 Å². The van der Waals surface area contributed by atoms with Crippen molar-refractivity contribution in [1.29, 1.82) is 0 Å². The van der Waals surface area contributed by atoms with Gasteiger partial charge in [0.1, 0.15) is 12.3 Å². The van der Waals surface area contributed by atoms with E-state index in [0.717, 1.165) is 62.7 Å². The number of aromatic nitrogens is 5. The van der Waals surface area contributed by atoms with Crippen molar-refractivity contribution in [3.63, 3.8) is 0 Å². The Labute approximate surface area is 207 Å². The highest BCUT2D eigenvalue weighted by Gasteiger charge is 2.58. The zero-order valence-electron chi connectivity index (χ0n) is 19.9. The second-order valence-corrected chi connectivity index (χ2v) is 10.6. The Balaban J connectivity index is 1.02. The number of imidazole rings is 1. The zero-order valence-corrected chi connectivity index (χ0v) is 19.9. The maximum Gasteiger partial charge on any atom is 0.407 e. The number of fused-ring (bicyclic) bond motifs is 1. The first-order valence-corrected chi connectivity index (χ1v) is 12.8. The molecular weight excluding hydrogens is 465 g/mol. The zero-order chi connectivity index (χ0) is 24.3. The molecule has 0 radical (unpaired) electrons. The Bertz CT molecular complexity index is 1270. The predicted octanol–water partition coefficient (Wildman–Crippen LogP) is 2.47. The van der Waals surface area contributed by atoms with Gasteiger partial charge in [0, 0.05) is 61.8 Å². The van der Waals surface area contributed by atoms with Gasteiger partial charge in [0.25, 0.3) is 0 Å². The van der Waals surface area contributed by atoms with Gasteiger partial charge in [0.15, 0.2) is 11.5 Å². The molecule has 1 amide bonds. The maximum absolute atomic E-state index is 15.3. The van der Waals surface area contributed by atoms with Crippen LogP contribution in [0.3, 0.4) is 0 Å². The van der Waals surface area contributed by atoms with Gasteiger partial charge in [-0.15, -0.1) is 0 Å². The Hall–Kier alpha value is -3.41. The predicted molar refractivity (Wildman–Crippen MR) is 130 cm³/mol. The molecule has 4 heterocycles. The molecule has 36 heavy (non-hydrogen) atoms. The van der Waals surface area contributed by atoms with Crippen molar-refractivity contribution in [3.05, 3.63) is 30.4 Å². The number of hydrogen-bond donors (Lipinski definition) is 4. The molecule has 5 fully saturated rings. The molecule has 0 aromatic carbocycles. The number of nitrogens with one attached hydrogen (secondary N) is 4. The van der Waals surface area contributed by atoms with Crippen molar-refractivity contribution < 1.29 is 13.9 Å². The van der Waals surface area contributed by atoms with E-state index in [1.54, 1.807) is 12.3 Å². The molecular formula is C24H30FN9O2. The van der Waals surface area contributed by atoms with Crippen molar-refractivity contribution in [3.8, 4) is 0 Å². The highest BCUT2D eigenvalue weighted by atomic mass is 19.1. The lowest BCUT2D eigenvalue weighted by atomic mass is 9.50. The number of carbonyl (C=O) groups excluding carboxylic acids is 1. The third kappa shape index (κ3) is 3.66. The average molecular weight is 496 g/mol. The number of aromatic amines is 1. The van der Waals surface area contributed by atoms with Gasteiger partial charge in [-0.05, 0) is 38.0 Å². The summed E-state index contributed by atoms with van der Waals surface area (Å²) in [6, 6.07) is 1.80. The van der Waals surface area contributed by atoms with E-state index in [1.165, 1.54) is 0 Å². The van der Waals surface area contributed by atoms with Gasteiger partial charge < -0.3 is 25.6 Å². The second kappa shape index (κ2) is 8.32. The summed E-state index contributed by atoms with van der Waals surface area (Å²) in [5, 5.41) is 16.8. The SMILES string of the molecule is O=C(NC12CC(C1)C2)O[C@H]1CC[C@@H](c2cc(Nc3ncc(N4CCNCC4)c4nccn34)n[nH]2)[C@@H]1F. The largest absolute Gasteiger partial charge is 0.443 e. The number of nitrogens with zero attached hydrogens (tertiary/aromatic N) is 5. The average Bonchev–Trinajstić information content (AvgIpc) is 3.58. The standard InChI is InChI=1S/C24H30FN9O2/c25-20-15(1-2-18(20)36-23(35)30-24-10-14(11-24)12-24)16-9-19(32-31-16)29-22-28-13-17(21-27-5-8-34(21)22)33-6-3-26-4-7-33/h5,8-9,13-15,18,20,26H,1-4,6-7,10-12H2,(H,30,35)(H2,28,29,31,32)/t14?,15-,18-,20-,24?/m0/s1. The van der Waals surface area contributed by atoms with Gasteiger partial charge in [0.05, 0.1) is 11.9 Å². The number of halogens is 1. The summed E-state index contributed by atoms with van der Waals surface area (Å²) in [4.78, 5) is 23.7. The number of rotatable bonds is 6. The topological polar surface area (TPSA) is 124 Å². The summed E-state index contributed by atoms with van der Waals surface area (Å²) >= 11 is 0. The molecule has 11 nitrogen and oxygen atoms in total. The normalized spacial score (nSPS) is 31.1. The van der Waals surface area contributed by atoms with Crippen LogP contribution < -0.4 is 20.9 Å². The van der Waals surface area contributed by atoms with E-state index in [4.69, 9.17) is 4.74 Å². The fourth-order valence-corrected chi connectivity index (χ4v) is 6.22. The minimum Gasteiger partial charge on any atom is -0.443 e. The van der Waals surface area contributed by atoms with Crippen LogP contribution >= 0.6 is 0 Å². The van der Waals surface area contributed by atoms with E-state index in [-0.39, 0.29) is 5.54 Å². The second-order valence-electron chi connectivity index (χ2n) is 10.6. The number of H-pyrrole nitrogens is 1. The summed E-state index contributed by atoms with van der Waals surface area (Å²) in [6.07, 6.45) is 7.06. The first-order chi connectivity index (χ1) is 17.6. The van der Waals surface area contributed by atoms with Crippen LogP contribution in [0, 0.1) is 5.92 Å². The number of alkyl carbamates (subject to hydrolysis) is 1. The molecule has 4 aliphatic carbocycles. The smallest absolute Gasteiger partial charge is 0.407 e. The summed E-state index contributed by atoms with van der Waals surface area (Å²) < 4.78 is 22.6. The molecule has 190 valence electrons. The van der Waals surface area contributed by atoms with Crippen LogP contribution in [0.1, 0.15) is 43.7 Å². The highest BCUT2D eigenvalue weighted by Crippen LogP contribution is 2.57. The van der Waals surface area contributed by atoms with Crippen molar-refractivity contribution in [2.75, 3.05) is 36.4 Å². The van der Waals surface area contributed by atoms with Gasteiger partial charge >= 0.3 is 6.09 Å². The van der Waals surface area contributed by atoms with Crippen LogP contribution in [-0.2, 0) is 4.74 Å². The van der Waals surface area contributed by atoms with Crippen molar-refractivity contribution >= 4 is 29.2 Å². The number of ether oxygens (including phenoxy) is 1. The fourth-order valence-electron chi connectivity index (χ4n) is 6.22. The summed E-state index contributed by atoms with van der Waals surface area (Å²) in [6.45, 7) is 3.66. The molecule has 5 aliphatic rings. The van der Waals surface area contributed by atoms with Gasteiger partial charge in [-0.2, -0.15) is 5.10 Å². The van der Waals surface area contributed by atoms with Crippen LogP contribution in [0.2, 0.25) is 0 Å². The molecule has 0 spiro atoms. The van der Waals surface area contributed by atoms with Crippen molar-refractivity contribution in [2.24, 2.45) is 5.92 Å². The molecule has 2 bridgehead atoms. The lowest BCUT2D eigenvalue weighted by Crippen LogP contribution is -2.68. The van der Waals surface area contributed by atoms with E-state index in [2.05, 4.69) is 41.0 Å². The Kier molecular flexibility index (Phi) is 5.05. The third-order valence-electron chi connectivity index (χ3n) is 8.27. The molecule has 12 heteroatoms. The first kappa shape index (κ1) is 21.8. The number of alkyl halides is 1. The number of anilines is 3. The van der Waals surface area contributed by atoms with Crippen molar-refractivity contribution in [1.82, 2.24) is 35.2 Å². The molecule has 3 aromatic heterocycles. The molecule has 0 unspecified atom stereocenters. The summed E-state index contributed by atoms with van der Waals surface area (Å²) in [5.41, 5.74) is 2.41. The van der Waals surface area contributed by atoms with E-state index in [0.29, 0.717) is 30.3 Å². The van der Waals surface area contributed by atoms with Gasteiger partial charge in [-0.3, -0.25) is 9.50 Å². The fraction of sp³-hybridized carbons (Fsp3) is 0.583.